The Bertz CT molecular complexity index is 874. The van der Waals surface area contributed by atoms with E-state index in [-0.39, 0.29) is 6.79 Å². The molecule has 1 atom stereocenters. The monoisotopic (exact) mass is 437 g/mol. The molecule has 0 spiro atoms. The molecule has 166 valence electrons. The van der Waals surface area contributed by atoms with Crippen LogP contribution in [0, 0.1) is 13.8 Å². The second kappa shape index (κ2) is 10.8. The molecule has 0 saturated carbocycles. The minimum absolute atomic E-state index is 0.142. The first-order valence-corrected chi connectivity index (χ1v) is 11.6. The van der Waals surface area contributed by atoms with Gasteiger partial charge in [0.15, 0.2) is 12.5 Å². The molecule has 0 radical (unpaired) electrons. The smallest absolute Gasteiger partial charge is 0.369 e. The Kier molecular flexibility index (Phi) is 8.74. The van der Waals surface area contributed by atoms with Crippen molar-refractivity contribution in [2.24, 2.45) is 0 Å². The highest BCUT2D eigenvalue weighted by Crippen LogP contribution is 2.50. The Balaban J connectivity index is 2.13. The minimum Gasteiger partial charge on any atom is -0.465 e. The molecule has 2 aromatic carbocycles. The zero-order valence-electron chi connectivity index (χ0n) is 18.3. The summed E-state index contributed by atoms with van der Waals surface area (Å²) in [5.74, 6) is 0.984. The second-order valence-corrected chi connectivity index (χ2v) is 9.34. The van der Waals surface area contributed by atoms with Gasteiger partial charge in [-0.15, -0.1) is 0 Å². The van der Waals surface area contributed by atoms with Crippen molar-refractivity contribution >= 4 is 13.3 Å². The maximum atomic E-state index is 12.3. The molecule has 0 aliphatic heterocycles. The average Bonchev–Trinajstić information content (AvgIpc) is 2.69. The average molecular weight is 437 g/mol. The van der Waals surface area contributed by atoms with Crippen LogP contribution in [0.15, 0.2) is 30.3 Å². The lowest BCUT2D eigenvalue weighted by Crippen LogP contribution is -2.10. The van der Waals surface area contributed by atoms with E-state index in [9.17, 15) is 9.46 Å². The number of nitrogen functional groups attached to an aromatic ring is 1. The summed E-state index contributed by atoms with van der Waals surface area (Å²) in [7, 11) is -2.29. The van der Waals surface area contributed by atoms with Crippen LogP contribution in [0.1, 0.15) is 48.9 Å². The van der Waals surface area contributed by atoms with Gasteiger partial charge in [-0.2, -0.15) is 0 Å². The summed E-state index contributed by atoms with van der Waals surface area (Å²) >= 11 is 0. The maximum absolute atomic E-state index is 12.3. The summed E-state index contributed by atoms with van der Waals surface area (Å²) < 4.78 is 27.6. The standard InChI is InChI=1S/C22H32NO6P/c1-6-19(7-2)30(24,25)29-28-18-10-15(3)20(16(4)11-18)12-17-8-9-22(21(23)13-17)27-14-26-5/h8-11,13,19H,6-7,12,14,23H2,1-5H3,(H,24,25). The first-order chi connectivity index (χ1) is 14.2. The molecule has 0 heterocycles. The third-order valence-corrected chi connectivity index (χ3v) is 7.04. The lowest BCUT2D eigenvalue weighted by atomic mass is 9.95. The Labute approximate surface area is 178 Å². The largest absolute Gasteiger partial charge is 0.465 e. The molecule has 0 amide bonds. The molecule has 2 rings (SSSR count). The predicted octanol–water partition coefficient (Wildman–Crippen LogP) is 5.14. The molecule has 0 aromatic heterocycles. The van der Waals surface area contributed by atoms with Gasteiger partial charge in [-0.25, -0.2) is 0 Å². The highest BCUT2D eigenvalue weighted by atomic mass is 31.2. The Morgan fingerprint density at radius 1 is 1.10 bits per heavy atom. The SMILES string of the molecule is CCC(CC)P(=O)(O)OOc1cc(C)c(Cc2ccc(OCOC)c(N)c2)c(C)c1. The summed E-state index contributed by atoms with van der Waals surface area (Å²) in [5, 5.41) is 0. The number of hydrogen-bond acceptors (Lipinski definition) is 6. The lowest BCUT2D eigenvalue weighted by molar-refractivity contribution is -0.111. The van der Waals surface area contributed by atoms with Crippen molar-refractivity contribution < 1.29 is 28.5 Å². The van der Waals surface area contributed by atoms with Crippen molar-refractivity contribution in [2.75, 3.05) is 19.6 Å². The molecule has 1 unspecified atom stereocenters. The van der Waals surface area contributed by atoms with E-state index in [1.165, 1.54) is 0 Å². The number of rotatable bonds is 11. The predicted molar refractivity (Wildman–Crippen MR) is 118 cm³/mol. The fraction of sp³-hybridized carbons (Fsp3) is 0.455. The number of methoxy groups -OCH3 is 1. The van der Waals surface area contributed by atoms with E-state index in [2.05, 4.69) is 0 Å². The van der Waals surface area contributed by atoms with Gasteiger partial charge >= 0.3 is 7.60 Å². The summed E-state index contributed by atoms with van der Waals surface area (Å²) in [6.07, 6.45) is 1.77. The first kappa shape index (κ1) is 24.2. The van der Waals surface area contributed by atoms with E-state index in [4.69, 9.17) is 24.8 Å². The van der Waals surface area contributed by atoms with Gasteiger partial charge in [0, 0.05) is 7.11 Å². The quantitative estimate of drug-likeness (QED) is 0.165. The third kappa shape index (κ3) is 6.22. The van der Waals surface area contributed by atoms with Crippen LogP contribution >= 0.6 is 7.60 Å². The van der Waals surface area contributed by atoms with Gasteiger partial charge < -0.3 is 25.0 Å². The highest BCUT2D eigenvalue weighted by Gasteiger charge is 2.31. The Morgan fingerprint density at radius 3 is 2.27 bits per heavy atom. The van der Waals surface area contributed by atoms with E-state index in [0.717, 1.165) is 22.3 Å². The van der Waals surface area contributed by atoms with Crippen LogP contribution in [-0.2, 0) is 20.4 Å². The molecule has 7 nitrogen and oxygen atoms in total. The molecule has 0 fully saturated rings. The molecule has 30 heavy (non-hydrogen) atoms. The van der Waals surface area contributed by atoms with E-state index >= 15 is 0 Å². The molecule has 0 aliphatic carbocycles. The zero-order valence-corrected chi connectivity index (χ0v) is 19.2. The summed E-state index contributed by atoms with van der Waals surface area (Å²) in [4.78, 5) is 15.3. The van der Waals surface area contributed by atoms with Crippen LogP contribution in [0.25, 0.3) is 0 Å². The van der Waals surface area contributed by atoms with E-state index < -0.39 is 13.3 Å². The molecule has 2 aromatic rings. The normalized spacial score (nSPS) is 13.3. The fourth-order valence-electron chi connectivity index (χ4n) is 3.35. The second-order valence-electron chi connectivity index (χ2n) is 7.33. The molecule has 0 aliphatic rings. The zero-order chi connectivity index (χ0) is 22.3. The highest BCUT2D eigenvalue weighted by molar-refractivity contribution is 7.53. The van der Waals surface area contributed by atoms with Crippen molar-refractivity contribution in [1.82, 2.24) is 0 Å². The van der Waals surface area contributed by atoms with Gasteiger partial charge in [0.2, 0.25) is 0 Å². The first-order valence-electron chi connectivity index (χ1n) is 10.0. The van der Waals surface area contributed by atoms with Crippen LogP contribution in [0.5, 0.6) is 11.5 Å². The van der Waals surface area contributed by atoms with Crippen LogP contribution in [0.2, 0.25) is 0 Å². The van der Waals surface area contributed by atoms with Gasteiger partial charge in [-0.3, -0.25) is 4.57 Å². The number of aryl methyl sites for hydroxylation is 2. The van der Waals surface area contributed by atoms with Gasteiger partial charge in [-0.1, -0.05) is 24.6 Å². The third-order valence-electron chi connectivity index (χ3n) is 5.10. The Morgan fingerprint density at radius 2 is 1.73 bits per heavy atom. The van der Waals surface area contributed by atoms with E-state index in [1.807, 2.05) is 45.9 Å². The maximum Gasteiger partial charge on any atom is 0.369 e. The van der Waals surface area contributed by atoms with Gasteiger partial charge in [-0.05, 0) is 79.6 Å². The molecule has 0 saturated heterocycles. The van der Waals surface area contributed by atoms with E-state index in [0.29, 0.717) is 36.4 Å². The molecular weight excluding hydrogens is 405 g/mol. The van der Waals surface area contributed by atoms with Crippen LogP contribution in [0.4, 0.5) is 5.69 Å². The molecular formula is C22H32NO6P. The van der Waals surface area contributed by atoms with Gasteiger partial charge in [0.05, 0.1) is 11.3 Å². The van der Waals surface area contributed by atoms with Crippen molar-refractivity contribution in [3.8, 4) is 11.5 Å². The summed E-state index contributed by atoms with van der Waals surface area (Å²) in [5.41, 5.74) is 10.3. The van der Waals surface area contributed by atoms with Crippen LogP contribution in [-0.4, -0.2) is 24.5 Å². The van der Waals surface area contributed by atoms with Crippen molar-refractivity contribution in [3.05, 3.63) is 52.6 Å². The topological polar surface area (TPSA) is 100 Å². The minimum atomic E-state index is -3.84. The summed E-state index contributed by atoms with van der Waals surface area (Å²) in [6, 6.07) is 9.28. The lowest BCUT2D eigenvalue weighted by Gasteiger charge is -2.19. The number of benzene rings is 2. The Hall–Kier alpha value is -2.05. The van der Waals surface area contributed by atoms with Gasteiger partial charge in [0.1, 0.15) is 5.75 Å². The van der Waals surface area contributed by atoms with Gasteiger partial charge in [0.25, 0.3) is 0 Å². The molecule has 3 N–H and O–H groups in total. The molecule has 0 bridgehead atoms. The van der Waals surface area contributed by atoms with Crippen molar-refractivity contribution in [1.29, 1.82) is 0 Å². The summed E-state index contributed by atoms with van der Waals surface area (Å²) in [6.45, 7) is 7.78. The van der Waals surface area contributed by atoms with Crippen molar-refractivity contribution in [2.45, 2.75) is 52.6 Å². The fourth-order valence-corrected chi connectivity index (χ4v) is 4.59. The van der Waals surface area contributed by atoms with E-state index in [1.54, 1.807) is 19.2 Å². The number of hydrogen-bond donors (Lipinski definition) is 2. The number of ether oxygens (including phenoxy) is 2. The number of anilines is 1. The van der Waals surface area contributed by atoms with Crippen molar-refractivity contribution in [3.63, 3.8) is 0 Å². The van der Waals surface area contributed by atoms with Crippen LogP contribution in [0.3, 0.4) is 0 Å². The number of nitrogens with two attached hydrogens (primary N) is 1. The molecule has 8 heteroatoms. The van der Waals surface area contributed by atoms with Crippen LogP contribution < -0.4 is 15.4 Å².